The minimum Gasteiger partial charge on any atom is -0.466 e. The normalized spacial score (nSPS) is 12.6. The molecule has 0 aliphatic heterocycles. The van der Waals surface area contributed by atoms with Gasteiger partial charge in [-0.1, -0.05) is 341 Å². The Morgan fingerprint density at radius 1 is 0.375 bits per heavy atom. The van der Waals surface area contributed by atoms with Crippen LogP contribution in [-0.2, 0) is 14.3 Å². The molecule has 0 aromatic carbocycles. The third-order valence-electron chi connectivity index (χ3n) is 15.6. The molecule has 428 valence electrons. The molecule has 6 nitrogen and oxygen atoms in total. The van der Waals surface area contributed by atoms with E-state index < -0.39 is 12.1 Å². The van der Waals surface area contributed by atoms with Crippen LogP contribution in [0.15, 0.2) is 12.2 Å². The van der Waals surface area contributed by atoms with Crippen LogP contribution < -0.4 is 5.32 Å². The van der Waals surface area contributed by atoms with E-state index in [4.69, 9.17) is 4.74 Å². The molecule has 0 aromatic heterocycles. The minimum absolute atomic E-state index is 0.0133. The van der Waals surface area contributed by atoms with E-state index >= 15 is 0 Å². The molecule has 0 heterocycles. The van der Waals surface area contributed by atoms with Crippen LogP contribution in [0.1, 0.15) is 373 Å². The number of ether oxygens (including phenoxy) is 1. The minimum atomic E-state index is -0.845. The van der Waals surface area contributed by atoms with E-state index in [0.29, 0.717) is 19.4 Å². The summed E-state index contributed by atoms with van der Waals surface area (Å²) in [6.07, 6.45) is 75.5. The van der Waals surface area contributed by atoms with Crippen molar-refractivity contribution in [2.24, 2.45) is 0 Å². The van der Waals surface area contributed by atoms with Gasteiger partial charge in [0.2, 0.25) is 5.91 Å². The highest BCUT2D eigenvalue weighted by Gasteiger charge is 2.18. The van der Waals surface area contributed by atoms with E-state index in [-0.39, 0.29) is 18.5 Å². The third kappa shape index (κ3) is 57.9. The van der Waals surface area contributed by atoms with E-state index in [1.54, 1.807) is 6.08 Å². The van der Waals surface area contributed by atoms with Crippen molar-refractivity contribution in [1.29, 1.82) is 0 Å². The van der Waals surface area contributed by atoms with Crippen molar-refractivity contribution in [1.82, 2.24) is 5.32 Å². The van der Waals surface area contributed by atoms with Crippen LogP contribution in [0, 0.1) is 0 Å². The molecule has 2 atom stereocenters. The standard InChI is InChI=1S/C66H129NO5/c1-3-5-7-9-11-13-15-16-17-18-19-20-23-26-29-32-35-39-42-46-50-54-58-64(69)63(62-68)67-65(70)59-55-51-47-43-40-36-33-30-27-24-21-22-25-28-31-34-37-41-45-49-53-57-61-72-66(71)60-56-52-48-44-38-14-12-10-8-6-4-2/h54,58,63-64,68-69H,3-53,55-57,59-62H2,1-2H3,(H,67,70)/b58-54+. The van der Waals surface area contributed by atoms with Crippen molar-refractivity contribution in [3.63, 3.8) is 0 Å². The first-order valence-corrected chi connectivity index (χ1v) is 33.0. The maximum atomic E-state index is 12.5. The Hall–Kier alpha value is -1.40. The lowest BCUT2D eigenvalue weighted by atomic mass is 10.0. The van der Waals surface area contributed by atoms with Crippen LogP contribution in [0.25, 0.3) is 0 Å². The van der Waals surface area contributed by atoms with Gasteiger partial charge < -0.3 is 20.3 Å². The van der Waals surface area contributed by atoms with Crippen molar-refractivity contribution >= 4 is 11.9 Å². The quantitative estimate of drug-likeness (QED) is 0.0320. The predicted molar refractivity (Wildman–Crippen MR) is 315 cm³/mol. The van der Waals surface area contributed by atoms with Crippen LogP contribution in [0.2, 0.25) is 0 Å². The van der Waals surface area contributed by atoms with Gasteiger partial charge in [0.25, 0.3) is 0 Å². The molecule has 0 aliphatic rings. The number of carbonyl (C=O) groups excluding carboxylic acids is 2. The van der Waals surface area contributed by atoms with E-state index in [1.165, 1.54) is 308 Å². The number of unbranched alkanes of at least 4 members (excludes halogenated alkanes) is 51. The molecule has 0 rings (SSSR count). The van der Waals surface area contributed by atoms with Crippen LogP contribution in [0.4, 0.5) is 0 Å². The molecular weight excluding hydrogens is 887 g/mol. The van der Waals surface area contributed by atoms with Gasteiger partial charge in [-0.15, -0.1) is 0 Å². The van der Waals surface area contributed by atoms with Gasteiger partial charge in [-0.05, 0) is 32.1 Å². The zero-order valence-corrected chi connectivity index (χ0v) is 48.9. The molecular formula is C66H129NO5. The van der Waals surface area contributed by atoms with Crippen LogP contribution in [0.5, 0.6) is 0 Å². The number of amides is 1. The van der Waals surface area contributed by atoms with Crippen molar-refractivity contribution in [2.75, 3.05) is 13.2 Å². The van der Waals surface area contributed by atoms with Crippen LogP contribution in [0.3, 0.4) is 0 Å². The highest BCUT2D eigenvalue weighted by atomic mass is 16.5. The number of hydrogen-bond acceptors (Lipinski definition) is 5. The van der Waals surface area contributed by atoms with Crippen molar-refractivity contribution < 1.29 is 24.5 Å². The molecule has 2 unspecified atom stereocenters. The fourth-order valence-electron chi connectivity index (χ4n) is 10.5. The second kappa shape index (κ2) is 62.1. The number of carbonyl (C=O) groups is 2. The molecule has 0 fully saturated rings. The Labute approximate surface area is 450 Å². The summed E-state index contributed by atoms with van der Waals surface area (Å²) in [4.78, 5) is 24.5. The first-order chi connectivity index (χ1) is 35.5. The number of aliphatic hydroxyl groups excluding tert-OH is 2. The summed E-state index contributed by atoms with van der Waals surface area (Å²) in [7, 11) is 0. The first kappa shape index (κ1) is 70.6. The number of esters is 1. The second-order valence-electron chi connectivity index (χ2n) is 22.8. The molecule has 0 spiro atoms. The number of allylic oxidation sites excluding steroid dienone is 1. The van der Waals surface area contributed by atoms with Crippen molar-refractivity contribution in [2.45, 2.75) is 386 Å². The van der Waals surface area contributed by atoms with E-state index in [1.807, 2.05) is 6.08 Å². The molecule has 6 heteroatoms. The smallest absolute Gasteiger partial charge is 0.305 e. The molecule has 72 heavy (non-hydrogen) atoms. The maximum Gasteiger partial charge on any atom is 0.305 e. The molecule has 0 aromatic rings. The average molecular weight is 1020 g/mol. The molecule has 3 N–H and O–H groups in total. The van der Waals surface area contributed by atoms with Gasteiger partial charge in [0.15, 0.2) is 0 Å². The molecule has 0 saturated heterocycles. The Bertz CT molecular complexity index is 1080. The van der Waals surface area contributed by atoms with Gasteiger partial charge in [-0.2, -0.15) is 0 Å². The summed E-state index contributed by atoms with van der Waals surface area (Å²) in [6, 6.07) is -0.628. The number of hydrogen-bond donors (Lipinski definition) is 3. The van der Waals surface area contributed by atoms with Gasteiger partial charge in [0, 0.05) is 12.8 Å². The van der Waals surface area contributed by atoms with Crippen molar-refractivity contribution in [3.8, 4) is 0 Å². The number of rotatable bonds is 62. The summed E-state index contributed by atoms with van der Waals surface area (Å²) in [5.41, 5.74) is 0. The number of aliphatic hydroxyl groups is 2. The van der Waals surface area contributed by atoms with E-state index in [2.05, 4.69) is 19.2 Å². The number of nitrogens with one attached hydrogen (secondary N) is 1. The first-order valence-electron chi connectivity index (χ1n) is 33.0. The van der Waals surface area contributed by atoms with Gasteiger partial charge in [0.1, 0.15) is 0 Å². The molecule has 1 amide bonds. The maximum absolute atomic E-state index is 12.5. The van der Waals surface area contributed by atoms with Gasteiger partial charge in [-0.3, -0.25) is 9.59 Å². The summed E-state index contributed by atoms with van der Waals surface area (Å²) < 4.78 is 5.47. The van der Waals surface area contributed by atoms with Crippen molar-refractivity contribution in [3.05, 3.63) is 12.2 Å². The van der Waals surface area contributed by atoms with Gasteiger partial charge in [0.05, 0.1) is 25.4 Å². The third-order valence-corrected chi connectivity index (χ3v) is 15.6. The highest BCUT2D eigenvalue weighted by Crippen LogP contribution is 2.19. The lowest BCUT2D eigenvalue weighted by Gasteiger charge is -2.20. The molecule has 0 saturated carbocycles. The second-order valence-corrected chi connectivity index (χ2v) is 22.8. The van der Waals surface area contributed by atoms with E-state index in [9.17, 15) is 19.8 Å². The Balaban J connectivity index is 3.41. The SMILES string of the molecule is CCCCCCCCCCCCCCCCCCCCCC/C=C/C(O)C(CO)NC(=O)CCCCCCCCCCCCCCCCCCCCCCCCOC(=O)CCCCCCCCCCCCC. The zero-order chi connectivity index (χ0) is 52.2. The van der Waals surface area contributed by atoms with Gasteiger partial charge >= 0.3 is 5.97 Å². The lowest BCUT2D eigenvalue weighted by Crippen LogP contribution is -2.45. The fraction of sp³-hybridized carbons (Fsp3) is 0.939. The summed E-state index contributed by atoms with van der Waals surface area (Å²) in [5, 5.41) is 23.2. The topological polar surface area (TPSA) is 95.9 Å². The zero-order valence-electron chi connectivity index (χ0n) is 48.9. The average Bonchev–Trinajstić information content (AvgIpc) is 3.38. The molecule has 0 aliphatic carbocycles. The predicted octanol–water partition coefficient (Wildman–Crippen LogP) is 20.8. The Kier molecular flexibility index (Phi) is 60.9. The summed E-state index contributed by atoms with van der Waals surface area (Å²) in [6.45, 7) is 4.93. The highest BCUT2D eigenvalue weighted by molar-refractivity contribution is 5.76. The Morgan fingerprint density at radius 3 is 0.944 bits per heavy atom. The van der Waals surface area contributed by atoms with Gasteiger partial charge in [-0.25, -0.2) is 0 Å². The lowest BCUT2D eigenvalue weighted by molar-refractivity contribution is -0.143. The summed E-state index contributed by atoms with van der Waals surface area (Å²) >= 11 is 0. The Morgan fingerprint density at radius 2 is 0.639 bits per heavy atom. The van der Waals surface area contributed by atoms with Crippen LogP contribution >= 0.6 is 0 Å². The molecule has 0 bridgehead atoms. The fourth-order valence-corrected chi connectivity index (χ4v) is 10.5. The summed E-state index contributed by atoms with van der Waals surface area (Å²) in [5.74, 6) is -0.0505. The molecule has 0 radical (unpaired) electrons. The van der Waals surface area contributed by atoms with Crippen LogP contribution in [-0.4, -0.2) is 47.4 Å². The monoisotopic (exact) mass is 1020 g/mol. The largest absolute Gasteiger partial charge is 0.466 e. The van der Waals surface area contributed by atoms with E-state index in [0.717, 1.165) is 38.5 Å².